The maximum Gasteiger partial charge on any atom is 0.409 e. The number of fused-ring (bicyclic) bond motifs is 1. The Morgan fingerprint density at radius 1 is 1.17 bits per heavy atom. The fourth-order valence-corrected chi connectivity index (χ4v) is 3.65. The predicted molar refractivity (Wildman–Crippen MR) is 108 cm³/mol. The average molecular weight is 424 g/mol. The largest absolute Gasteiger partial charge is 0.476 e. The molecule has 0 atom stereocenters. The molecule has 0 saturated carbocycles. The number of carbonyl (C=O) groups is 3. The first-order valence-electron chi connectivity index (χ1n) is 9.73. The van der Waals surface area contributed by atoms with Gasteiger partial charge in [-0.25, -0.2) is 4.79 Å². The minimum Gasteiger partial charge on any atom is -0.476 e. The number of amides is 3. The Balaban J connectivity index is 1.62. The second-order valence-corrected chi connectivity index (χ2v) is 7.93. The van der Waals surface area contributed by atoms with E-state index in [0.29, 0.717) is 49.2 Å². The van der Waals surface area contributed by atoms with Crippen molar-refractivity contribution in [3.8, 4) is 5.75 Å². The van der Waals surface area contributed by atoms with Crippen molar-refractivity contribution in [1.29, 1.82) is 0 Å². The van der Waals surface area contributed by atoms with Gasteiger partial charge in [0.2, 0.25) is 5.91 Å². The number of anilines is 1. The molecule has 1 saturated heterocycles. The second kappa shape index (κ2) is 8.49. The van der Waals surface area contributed by atoms with E-state index in [4.69, 9.17) is 21.1 Å². The molecule has 3 rings (SSSR count). The van der Waals surface area contributed by atoms with Crippen LogP contribution in [0.5, 0.6) is 5.75 Å². The lowest BCUT2D eigenvalue weighted by Gasteiger charge is -2.39. The molecular weight excluding hydrogens is 398 g/mol. The third-order valence-electron chi connectivity index (χ3n) is 5.04. The number of benzene rings is 1. The molecule has 0 bridgehead atoms. The average Bonchev–Trinajstić information content (AvgIpc) is 2.69. The molecule has 1 fully saturated rings. The topological polar surface area (TPSA) is 79.4 Å². The minimum absolute atomic E-state index is 0.0609. The summed E-state index contributed by atoms with van der Waals surface area (Å²) in [6.45, 7) is 7.50. The zero-order valence-corrected chi connectivity index (χ0v) is 17.7. The van der Waals surface area contributed by atoms with E-state index in [1.807, 2.05) is 0 Å². The fraction of sp³-hybridized carbons (Fsp3) is 0.550. The summed E-state index contributed by atoms with van der Waals surface area (Å²) in [5.41, 5.74) is -0.448. The molecule has 0 N–H and O–H groups in total. The van der Waals surface area contributed by atoms with Crippen LogP contribution < -0.4 is 9.64 Å². The number of halogens is 1. The Kier molecular flexibility index (Phi) is 6.21. The van der Waals surface area contributed by atoms with Gasteiger partial charge < -0.3 is 24.2 Å². The molecule has 2 heterocycles. The number of ether oxygens (including phenoxy) is 2. The van der Waals surface area contributed by atoms with Crippen LogP contribution in [0.1, 0.15) is 27.2 Å². The van der Waals surface area contributed by atoms with Crippen LogP contribution in [0.4, 0.5) is 10.5 Å². The van der Waals surface area contributed by atoms with Crippen molar-refractivity contribution in [1.82, 2.24) is 9.80 Å². The zero-order valence-electron chi connectivity index (χ0n) is 16.9. The molecule has 2 aliphatic rings. The van der Waals surface area contributed by atoms with Crippen LogP contribution in [0.3, 0.4) is 0 Å². The summed E-state index contributed by atoms with van der Waals surface area (Å²) >= 11 is 6.10. The molecule has 2 aliphatic heterocycles. The first-order chi connectivity index (χ1) is 13.7. The van der Waals surface area contributed by atoms with E-state index in [1.165, 1.54) is 0 Å². The van der Waals surface area contributed by atoms with Gasteiger partial charge in [0.05, 0.1) is 12.3 Å². The van der Waals surface area contributed by atoms with Crippen LogP contribution in [-0.4, -0.2) is 72.6 Å². The third-order valence-corrected chi connectivity index (χ3v) is 5.28. The maximum atomic E-state index is 12.9. The second-order valence-electron chi connectivity index (χ2n) is 7.50. The molecule has 1 aromatic rings. The molecule has 0 unspecified atom stereocenters. The summed E-state index contributed by atoms with van der Waals surface area (Å²) in [7, 11) is 0. The van der Waals surface area contributed by atoms with Gasteiger partial charge in [0.1, 0.15) is 5.75 Å². The van der Waals surface area contributed by atoms with Gasteiger partial charge in [-0.3, -0.25) is 9.59 Å². The zero-order chi connectivity index (χ0) is 21.2. The minimum atomic E-state index is -1.02. The highest BCUT2D eigenvalue weighted by Gasteiger charge is 2.41. The monoisotopic (exact) mass is 423 g/mol. The van der Waals surface area contributed by atoms with Crippen molar-refractivity contribution in [2.45, 2.75) is 32.8 Å². The Bertz CT molecular complexity index is 805. The fourth-order valence-electron chi connectivity index (χ4n) is 3.48. The molecule has 0 spiro atoms. The van der Waals surface area contributed by atoms with Gasteiger partial charge >= 0.3 is 6.09 Å². The molecule has 0 aliphatic carbocycles. The van der Waals surface area contributed by atoms with E-state index in [-0.39, 0.29) is 30.9 Å². The van der Waals surface area contributed by atoms with Gasteiger partial charge in [-0.1, -0.05) is 11.6 Å². The van der Waals surface area contributed by atoms with Gasteiger partial charge in [-0.15, -0.1) is 0 Å². The van der Waals surface area contributed by atoms with E-state index in [1.54, 1.807) is 53.7 Å². The Morgan fingerprint density at radius 3 is 2.48 bits per heavy atom. The van der Waals surface area contributed by atoms with Crippen LogP contribution in [-0.2, 0) is 14.3 Å². The van der Waals surface area contributed by atoms with Crippen molar-refractivity contribution in [2.24, 2.45) is 0 Å². The summed E-state index contributed by atoms with van der Waals surface area (Å²) in [6.07, 6.45) is -0.179. The number of hydrogen-bond acceptors (Lipinski definition) is 5. The summed E-state index contributed by atoms with van der Waals surface area (Å²) < 4.78 is 10.8. The third kappa shape index (κ3) is 4.58. The van der Waals surface area contributed by atoms with Crippen LogP contribution in [0.15, 0.2) is 18.2 Å². The number of rotatable bonds is 4. The highest BCUT2D eigenvalue weighted by Crippen LogP contribution is 2.39. The summed E-state index contributed by atoms with van der Waals surface area (Å²) in [5, 5.41) is 0.492. The molecule has 1 aromatic carbocycles. The lowest BCUT2D eigenvalue weighted by atomic mass is 10.0. The van der Waals surface area contributed by atoms with E-state index in [2.05, 4.69) is 0 Å². The van der Waals surface area contributed by atoms with Crippen LogP contribution >= 0.6 is 11.6 Å². The normalized spacial score (nSPS) is 18.2. The van der Waals surface area contributed by atoms with Crippen LogP contribution in [0.25, 0.3) is 0 Å². The van der Waals surface area contributed by atoms with Crippen molar-refractivity contribution in [2.75, 3.05) is 44.2 Å². The first-order valence-corrected chi connectivity index (χ1v) is 10.1. The summed E-state index contributed by atoms with van der Waals surface area (Å²) in [4.78, 5) is 42.2. The highest BCUT2D eigenvalue weighted by atomic mass is 35.5. The van der Waals surface area contributed by atoms with Crippen LogP contribution in [0, 0.1) is 0 Å². The molecule has 29 heavy (non-hydrogen) atoms. The maximum absolute atomic E-state index is 12.9. The lowest BCUT2D eigenvalue weighted by molar-refractivity contribution is -0.134. The van der Waals surface area contributed by atoms with E-state index in [0.717, 1.165) is 0 Å². The smallest absolute Gasteiger partial charge is 0.409 e. The van der Waals surface area contributed by atoms with Gasteiger partial charge in [-0.05, 0) is 39.0 Å². The number of piperazine rings is 1. The molecule has 8 nitrogen and oxygen atoms in total. The van der Waals surface area contributed by atoms with E-state index >= 15 is 0 Å². The van der Waals surface area contributed by atoms with Gasteiger partial charge in [0.15, 0.2) is 5.60 Å². The lowest BCUT2D eigenvalue weighted by Crippen LogP contribution is -2.54. The predicted octanol–water partition coefficient (Wildman–Crippen LogP) is 2.53. The van der Waals surface area contributed by atoms with Gasteiger partial charge in [-0.2, -0.15) is 0 Å². The summed E-state index contributed by atoms with van der Waals surface area (Å²) in [6, 6.07) is 5.11. The van der Waals surface area contributed by atoms with Crippen molar-refractivity contribution in [3.05, 3.63) is 23.2 Å². The Labute approximate surface area is 175 Å². The van der Waals surface area contributed by atoms with Gasteiger partial charge in [0, 0.05) is 44.2 Å². The van der Waals surface area contributed by atoms with Crippen LogP contribution in [0.2, 0.25) is 5.02 Å². The molecular formula is C20H26ClN3O5. The van der Waals surface area contributed by atoms with E-state index < -0.39 is 5.60 Å². The standard InChI is InChI=1S/C20H26ClN3O5/c1-4-28-19(27)23-11-9-22(10-12-23)17(25)7-8-24-15-13-14(21)5-6-16(15)29-20(2,3)18(24)26/h5-6,13H,4,7-12H2,1-3H3. The number of nitrogens with zero attached hydrogens (tertiary/aromatic N) is 3. The molecule has 0 radical (unpaired) electrons. The number of carbonyl (C=O) groups excluding carboxylic acids is 3. The Morgan fingerprint density at radius 2 is 1.83 bits per heavy atom. The first kappa shape index (κ1) is 21.2. The Hall–Kier alpha value is -2.48. The molecule has 9 heteroatoms. The highest BCUT2D eigenvalue weighted by molar-refractivity contribution is 6.31. The quantitative estimate of drug-likeness (QED) is 0.743. The van der Waals surface area contributed by atoms with Crippen molar-refractivity contribution >= 4 is 35.2 Å². The van der Waals surface area contributed by atoms with E-state index in [9.17, 15) is 14.4 Å². The van der Waals surface area contributed by atoms with Crippen molar-refractivity contribution < 1.29 is 23.9 Å². The molecule has 0 aromatic heterocycles. The van der Waals surface area contributed by atoms with Gasteiger partial charge in [0.25, 0.3) is 5.91 Å². The molecule has 3 amide bonds. The van der Waals surface area contributed by atoms with Crippen molar-refractivity contribution in [3.63, 3.8) is 0 Å². The number of hydrogen-bond donors (Lipinski definition) is 0. The molecule has 158 valence electrons. The SMILES string of the molecule is CCOC(=O)N1CCN(C(=O)CCN2C(=O)C(C)(C)Oc3ccc(Cl)cc32)CC1. The summed E-state index contributed by atoms with van der Waals surface area (Å²) in [5.74, 6) is 0.288.